The zero-order valence-corrected chi connectivity index (χ0v) is 13.5. The standard InChI is InChI=1S/C14H22N.W/c1-5-13-7-6-8-14(11-13)10-9-12(2)15(3)4;/h6-8,11-12H,3,5,9-10H2,1-2,4H3;/q-1;. The van der Waals surface area contributed by atoms with Crippen LogP contribution in [0.15, 0.2) is 24.3 Å². The normalized spacial score (nSPS) is 12.3. The first-order chi connectivity index (χ1) is 7.13. The number of benzene rings is 1. The zero-order chi connectivity index (χ0) is 11.3. The monoisotopic (exact) mass is 388 g/mol. The fourth-order valence-electron chi connectivity index (χ4n) is 1.60. The third-order valence-electron chi connectivity index (χ3n) is 3.00. The summed E-state index contributed by atoms with van der Waals surface area (Å²) in [5.41, 5.74) is 2.88. The summed E-state index contributed by atoms with van der Waals surface area (Å²) in [5.74, 6) is 0. The molecule has 1 rings (SSSR count). The first-order valence-corrected chi connectivity index (χ1v) is 5.74. The van der Waals surface area contributed by atoms with E-state index in [1.165, 1.54) is 17.5 Å². The summed E-state index contributed by atoms with van der Waals surface area (Å²) >= 11 is 0. The van der Waals surface area contributed by atoms with Gasteiger partial charge in [0, 0.05) is 21.1 Å². The molecule has 0 aliphatic rings. The number of rotatable bonds is 5. The first-order valence-electron chi connectivity index (χ1n) is 5.74. The number of nitrogens with zero attached hydrogens (tertiary/aromatic N) is 1. The molecule has 0 aliphatic heterocycles. The molecule has 0 N–H and O–H groups in total. The SMILES string of the molecule is [CH2-]N(C)C(C)CCc1cccc(CC)c1.[W]. The van der Waals surface area contributed by atoms with Crippen molar-refractivity contribution in [1.29, 1.82) is 0 Å². The Morgan fingerprint density at radius 1 is 1.31 bits per heavy atom. The Morgan fingerprint density at radius 3 is 2.50 bits per heavy atom. The average molecular weight is 388 g/mol. The summed E-state index contributed by atoms with van der Waals surface area (Å²) in [5, 5.41) is 0. The number of hydrogen-bond acceptors (Lipinski definition) is 1. The fourth-order valence-corrected chi connectivity index (χ4v) is 1.60. The van der Waals surface area contributed by atoms with Gasteiger partial charge in [-0.15, -0.1) is 0 Å². The van der Waals surface area contributed by atoms with Crippen molar-refractivity contribution in [2.45, 2.75) is 39.2 Å². The van der Waals surface area contributed by atoms with Crippen LogP contribution in [0.5, 0.6) is 0 Å². The second-order valence-corrected chi connectivity index (χ2v) is 4.32. The third-order valence-corrected chi connectivity index (χ3v) is 3.00. The maximum Gasteiger partial charge on any atom is 0 e. The van der Waals surface area contributed by atoms with Gasteiger partial charge in [-0.3, -0.25) is 7.05 Å². The maximum atomic E-state index is 3.92. The predicted octanol–water partition coefficient (Wildman–Crippen LogP) is 3.29. The van der Waals surface area contributed by atoms with Crippen LogP contribution in [0.25, 0.3) is 0 Å². The first kappa shape index (κ1) is 15.9. The van der Waals surface area contributed by atoms with Crippen LogP contribution in [0, 0.1) is 7.05 Å². The van der Waals surface area contributed by atoms with Gasteiger partial charge in [0.2, 0.25) is 0 Å². The van der Waals surface area contributed by atoms with Gasteiger partial charge in [-0.2, -0.15) is 0 Å². The van der Waals surface area contributed by atoms with Crippen molar-refractivity contribution in [3.05, 3.63) is 42.4 Å². The van der Waals surface area contributed by atoms with Crippen LogP contribution >= 0.6 is 0 Å². The summed E-state index contributed by atoms with van der Waals surface area (Å²) in [7, 11) is 5.95. The molecule has 1 aromatic rings. The molecule has 0 saturated heterocycles. The van der Waals surface area contributed by atoms with E-state index in [4.69, 9.17) is 0 Å². The minimum atomic E-state index is 0. The van der Waals surface area contributed by atoms with Crippen LogP contribution in [0.3, 0.4) is 0 Å². The van der Waals surface area contributed by atoms with E-state index in [2.05, 4.69) is 45.2 Å². The molecular weight excluding hydrogens is 366 g/mol. The second kappa shape index (κ2) is 8.03. The van der Waals surface area contributed by atoms with Crippen LogP contribution in [0.4, 0.5) is 0 Å². The van der Waals surface area contributed by atoms with Crippen LogP contribution in [-0.2, 0) is 33.9 Å². The quantitative estimate of drug-likeness (QED) is 0.700. The average Bonchev–Trinajstić information content (AvgIpc) is 2.26. The smallest absolute Gasteiger partial charge is 0 e. The maximum absolute atomic E-state index is 3.92. The summed E-state index contributed by atoms with van der Waals surface area (Å²) in [4.78, 5) is 2.03. The van der Waals surface area contributed by atoms with Gasteiger partial charge in [0.15, 0.2) is 0 Å². The van der Waals surface area contributed by atoms with Crippen LogP contribution in [-0.4, -0.2) is 18.0 Å². The minimum Gasteiger partial charge on any atom is -0.459 e. The molecule has 2 heteroatoms. The zero-order valence-electron chi connectivity index (χ0n) is 10.6. The van der Waals surface area contributed by atoms with Gasteiger partial charge in [-0.1, -0.05) is 38.1 Å². The Hall–Kier alpha value is -0.132. The molecule has 16 heavy (non-hydrogen) atoms. The topological polar surface area (TPSA) is 3.24 Å². The van der Waals surface area contributed by atoms with Gasteiger partial charge >= 0.3 is 0 Å². The van der Waals surface area contributed by atoms with E-state index < -0.39 is 0 Å². The molecule has 0 heterocycles. The summed E-state index contributed by atoms with van der Waals surface area (Å²) < 4.78 is 0. The molecule has 90 valence electrons. The Balaban J connectivity index is 0.00000225. The van der Waals surface area contributed by atoms with E-state index in [9.17, 15) is 0 Å². The van der Waals surface area contributed by atoms with Gasteiger partial charge in [-0.05, 0) is 43.5 Å². The molecule has 1 nitrogen and oxygen atoms in total. The third kappa shape index (κ3) is 5.27. The number of aryl methyl sites for hydroxylation is 2. The molecule has 0 amide bonds. The summed E-state index contributed by atoms with van der Waals surface area (Å²) in [6.45, 7) is 4.42. The van der Waals surface area contributed by atoms with Crippen molar-refractivity contribution < 1.29 is 21.1 Å². The summed E-state index contributed by atoms with van der Waals surface area (Å²) in [6, 6.07) is 9.44. The Morgan fingerprint density at radius 2 is 1.94 bits per heavy atom. The van der Waals surface area contributed by atoms with Crippen molar-refractivity contribution >= 4 is 0 Å². The van der Waals surface area contributed by atoms with Gasteiger partial charge in [-0.25, -0.2) is 0 Å². The molecule has 1 aromatic carbocycles. The molecule has 0 aromatic heterocycles. The van der Waals surface area contributed by atoms with Crippen molar-refractivity contribution in [2.75, 3.05) is 7.05 Å². The van der Waals surface area contributed by atoms with Crippen LogP contribution in [0.2, 0.25) is 0 Å². The van der Waals surface area contributed by atoms with Crippen molar-refractivity contribution in [3.8, 4) is 0 Å². The van der Waals surface area contributed by atoms with Gasteiger partial charge in [0.25, 0.3) is 0 Å². The molecule has 1 unspecified atom stereocenters. The Bertz CT molecular complexity index is 297. The molecule has 0 radical (unpaired) electrons. The van der Waals surface area contributed by atoms with Crippen LogP contribution in [0.1, 0.15) is 31.4 Å². The molecule has 0 bridgehead atoms. The van der Waals surface area contributed by atoms with E-state index in [0.717, 1.165) is 12.8 Å². The van der Waals surface area contributed by atoms with Gasteiger partial charge in [0.1, 0.15) is 0 Å². The number of hydrogen-bond donors (Lipinski definition) is 0. The second-order valence-electron chi connectivity index (χ2n) is 4.32. The van der Waals surface area contributed by atoms with Crippen LogP contribution < -0.4 is 0 Å². The van der Waals surface area contributed by atoms with E-state index in [0.29, 0.717) is 6.04 Å². The minimum absolute atomic E-state index is 0. The molecule has 0 saturated carbocycles. The summed E-state index contributed by atoms with van der Waals surface area (Å²) in [6.07, 6.45) is 3.45. The Labute approximate surface area is 114 Å². The van der Waals surface area contributed by atoms with E-state index in [1.807, 2.05) is 11.9 Å². The molecular formula is C14H22NW-. The van der Waals surface area contributed by atoms with Gasteiger partial charge in [0.05, 0.1) is 0 Å². The predicted molar refractivity (Wildman–Crippen MR) is 66.7 cm³/mol. The van der Waals surface area contributed by atoms with E-state index in [1.54, 1.807) is 0 Å². The molecule has 0 spiro atoms. The van der Waals surface area contributed by atoms with E-state index >= 15 is 0 Å². The van der Waals surface area contributed by atoms with E-state index in [-0.39, 0.29) is 21.1 Å². The molecule has 0 fully saturated rings. The Kier molecular flexibility index (Phi) is 7.97. The molecule has 0 aliphatic carbocycles. The fraction of sp³-hybridized carbons (Fsp3) is 0.500. The van der Waals surface area contributed by atoms with Crippen molar-refractivity contribution in [2.24, 2.45) is 0 Å². The molecule has 1 atom stereocenters. The van der Waals surface area contributed by atoms with Gasteiger partial charge < -0.3 is 4.90 Å². The van der Waals surface area contributed by atoms with Crippen molar-refractivity contribution in [3.63, 3.8) is 0 Å². The van der Waals surface area contributed by atoms with Crippen molar-refractivity contribution in [1.82, 2.24) is 4.90 Å². The largest absolute Gasteiger partial charge is 0.459 e.